The van der Waals surface area contributed by atoms with Gasteiger partial charge in [0.2, 0.25) is 0 Å². The molecule has 0 unspecified atom stereocenters. The zero-order chi connectivity index (χ0) is 14.2. The summed E-state index contributed by atoms with van der Waals surface area (Å²) in [7, 11) is 0. The van der Waals surface area contributed by atoms with Gasteiger partial charge >= 0.3 is 5.97 Å². The molecule has 1 aromatic rings. The van der Waals surface area contributed by atoms with Gasteiger partial charge in [-0.25, -0.2) is 4.79 Å². The minimum absolute atomic E-state index is 0.136. The van der Waals surface area contributed by atoms with Gasteiger partial charge in [0, 0.05) is 12.0 Å². The van der Waals surface area contributed by atoms with Crippen molar-refractivity contribution in [2.24, 2.45) is 5.92 Å². The molecule has 4 nitrogen and oxygen atoms in total. The predicted octanol–water partition coefficient (Wildman–Crippen LogP) is 2.34. The summed E-state index contributed by atoms with van der Waals surface area (Å²) in [6, 6.07) is 7.19. The van der Waals surface area contributed by atoms with Crippen LogP contribution in [0.2, 0.25) is 0 Å². The summed E-state index contributed by atoms with van der Waals surface area (Å²) in [4.78, 5) is 10.9. The monoisotopic (exact) mass is 275 g/mol. The summed E-state index contributed by atoms with van der Waals surface area (Å²) < 4.78 is 0. The van der Waals surface area contributed by atoms with E-state index in [2.05, 4.69) is 5.32 Å². The Morgan fingerprint density at radius 1 is 1.20 bits per heavy atom. The van der Waals surface area contributed by atoms with E-state index in [1.165, 1.54) is 6.42 Å². The van der Waals surface area contributed by atoms with Crippen molar-refractivity contribution >= 4 is 5.97 Å². The molecule has 0 aromatic heterocycles. The van der Waals surface area contributed by atoms with E-state index in [0.717, 1.165) is 37.8 Å². The van der Waals surface area contributed by atoms with Crippen molar-refractivity contribution in [3.63, 3.8) is 0 Å². The van der Waals surface area contributed by atoms with E-state index < -0.39 is 11.6 Å². The minimum Gasteiger partial charge on any atom is -0.478 e. The molecule has 3 atom stereocenters. The molecular weight excluding hydrogens is 254 g/mol. The van der Waals surface area contributed by atoms with Crippen molar-refractivity contribution in [3.8, 4) is 0 Å². The van der Waals surface area contributed by atoms with Crippen molar-refractivity contribution < 1.29 is 15.0 Å². The Kier molecular flexibility index (Phi) is 3.52. The normalized spacial score (nSPS) is 33.5. The molecule has 3 N–H and O–H groups in total. The third-order valence-corrected chi connectivity index (χ3v) is 4.91. The van der Waals surface area contributed by atoms with E-state index in [-0.39, 0.29) is 12.0 Å². The lowest BCUT2D eigenvalue weighted by Crippen LogP contribution is -2.53. The molecule has 0 spiro atoms. The molecule has 1 aliphatic heterocycles. The van der Waals surface area contributed by atoms with Gasteiger partial charge in [-0.05, 0) is 43.5 Å². The molecule has 1 saturated carbocycles. The predicted molar refractivity (Wildman–Crippen MR) is 75.7 cm³/mol. The summed E-state index contributed by atoms with van der Waals surface area (Å²) in [6.45, 7) is 0.818. The Labute approximate surface area is 118 Å². The number of carboxylic acid groups (broad SMARTS) is 1. The van der Waals surface area contributed by atoms with Gasteiger partial charge in [0.1, 0.15) is 0 Å². The van der Waals surface area contributed by atoms with Crippen LogP contribution < -0.4 is 5.32 Å². The topological polar surface area (TPSA) is 69.6 Å². The van der Waals surface area contributed by atoms with Crippen LogP contribution >= 0.6 is 0 Å². The Morgan fingerprint density at radius 3 is 2.65 bits per heavy atom. The van der Waals surface area contributed by atoms with E-state index in [9.17, 15) is 9.90 Å². The number of hydrogen-bond donors (Lipinski definition) is 3. The van der Waals surface area contributed by atoms with Gasteiger partial charge in [-0.2, -0.15) is 0 Å². The van der Waals surface area contributed by atoms with Crippen LogP contribution in [-0.2, 0) is 0 Å². The van der Waals surface area contributed by atoms with Crippen molar-refractivity contribution in [1.82, 2.24) is 5.32 Å². The number of carbonyl (C=O) groups is 1. The van der Waals surface area contributed by atoms with Crippen LogP contribution in [0.4, 0.5) is 0 Å². The SMILES string of the molecule is O=C(O)c1ccc([C@@H]2NCC[C@]3(O)CCCC[C@@H]23)cc1. The molecule has 0 amide bonds. The summed E-state index contributed by atoms with van der Waals surface area (Å²) >= 11 is 0. The number of benzene rings is 1. The zero-order valence-corrected chi connectivity index (χ0v) is 11.5. The number of aromatic carboxylic acids is 1. The molecule has 2 aliphatic rings. The van der Waals surface area contributed by atoms with Crippen molar-refractivity contribution in [3.05, 3.63) is 35.4 Å². The van der Waals surface area contributed by atoms with Crippen LogP contribution in [0.15, 0.2) is 24.3 Å². The van der Waals surface area contributed by atoms with Crippen LogP contribution in [0.3, 0.4) is 0 Å². The molecule has 20 heavy (non-hydrogen) atoms. The third-order valence-electron chi connectivity index (χ3n) is 4.91. The Balaban J connectivity index is 1.86. The van der Waals surface area contributed by atoms with Gasteiger partial charge in [0.05, 0.1) is 11.2 Å². The fraction of sp³-hybridized carbons (Fsp3) is 0.562. The first kappa shape index (κ1) is 13.6. The van der Waals surface area contributed by atoms with Gasteiger partial charge in [-0.15, -0.1) is 0 Å². The largest absolute Gasteiger partial charge is 0.478 e. The molecule has 0 bridgehead atoms. The number of fused-ring (bicyclic) bond motifs is 1. The molecule has 3 rings (SSSR count). The lowest BCUT2D eigenvalue weighted by atomic mass is 9.67. The Bertz CT molecular complexity index is 495. The number of nitrogens with one attached hydrogen (secondary N) is 1. The maximum atomic E-state index is 10.9. The first-order valence-corrected chi connectivity index (χ1v) is 7.39. The maximum Gasteiger partial charge on any atom is 0.335 e. The maximum absolute atomic E-state index is 10.9. The number of carboxylic acids is 1. The second-order valence-corrected chi connectivity index (χ2v) is 6.06. The van der Waals surface area contributed by atoms with Gasteiger partial charge in [-0.3, -0.25) is 0 Å². The van der Waals surface area contributed by atoms with E-state index in [1.54, 1.807) is 12.1 Å². The van der Waals surface area contributed by atoms with Crippen LogP contribution in [0.5, 0.6) is 0 Å². The highest BCUT2D eigenvalue weighted by Gasteiger charge is 2.45. The van der Waals surface area contributed by atoms with Crippen LogP contribution in [0.1, 0.15) is 54.1 Å². The third kappa shape index (κ3) is 2.34. The van der Waals surface area contributed by atoms with Gasteiger partial charge in [-0.1, -0.05) is 25.0 Å². The van der Waals surface area contributed by atoms with Crippen LogP contribution in [0.25, 0.3) is 0 Å². The van der Waals surface area contributed by atoms with Crippen molar-refractivity contribution in [1.29, 1.82) is 0 Å². The molecule has 108 valence electrons. The highest BCUT2D eigenvalue weighted by atomic mass is 16.4. The van der Waals surface area contributed by atoms with Crippen molar-refractivity contribution in [2.45, 2.75) is 43.7 Å². The molecule has 4 heteroatoms. The molecule has 2 fully saturated rings. The average Bonchev–Trinajstić information content (AvgIpc) is 2.46. The number of rotatable bonds is 2. The molecule has 1 heterocycles. The second-order valence-electron chi connectivity index (χ2n) is 6.06. The number of piperidine rings is 1. The fourth-order valence-corrected chi connectivity index (χ4v) is 3.81. The minimum atomic E-state index is -0.901. The Morgan fingerprint density at radius 2 is 1.95 bits per heavy atom. The van der Waals surface area contributed by atoms with Crippen LogP contribution in [0, 0.1) is 5.92 Å². The molecular formula is C16H21NO3. The van der Waals surface area contributed by atoms with Gasteiger partial charge in [0.15, 0.2) is 0 Å². The molecule has 1 aliphatic carbocycles. The van der Waals surface area contributed by atoms with E-state index in [0.29, 0.717) is 5.56 Å². The summed E-state index contributed by atoms with van der Waals surface area (Å²) in [5.74, 6) is -0.664. The van der Waals surface area contributed by atoms with E-state index in [4.69, 9.17) is 5.11 Å². The molecule has 0 radical (unpaired) electrons. The van der Waals surface area contributed by atoms with E-state index in [1.807, 2.05) is 12.1 Å². The summed E-state index contributed by atoms with van der Waals surface area (Å²) in [5.41, 5.74) is 0.850. The molecule has 1 saturated heterocycles. The van der Waals surface area contributed by atoms with Gasteiger partial charge in [0.25, 0.3) is 0 Å². The summed E-state index contributed by atoms with van der Waals surface area (Å²) in [6.07, 6.45) is 5.02. The standard InChI is InChI=1S/C16H21NO3/c18-15(19)12-6-4-11(5-7-12)14-13-3-1-2-8-16(13,20)9-10-17-14/h4-7,13-14,17,20H,1-3,8-10H2,(H,18,19)/t13-,14-,16+/m0/s1. The summed E-state index contributed by atoms with van der Waals surface area (Å²) in [5, 5.41) is 23.3. The van der Waals surface area contributed by atoms with E-state index >= 15 is 0 Å². The quantitative estimate of drug-likeness (QED) is 0.775. The first-order chi connectivity index (χ1) is 9.60. The lowest BCUT2D eigenvalue weighted by molar-refractivity contribution is -0.0861. The second kappa shape index (κ2) is 5.19. The average molecular weight is 275 g/mol. The highest BCUT2D eigenvalue weighted by molar-refractivity contribution is 5.87. The number of hydrogen-bond acceptors (Lipinski definition) is 3. The number of aliphatic hydroxyl groups is 1. The van der Waals surface area contributed by atoms with Crippen molar-refractivity contribution in [2.75, 3.05) is 6.54 Å². The van der Waals surface area contributed by atoms with Crippen LogP contribution in [-0.4, -0.2) is 28.3 Å². The molecule has 1 aromatic carbocycles. The lowest BCUT2D eigenvalue weighted by Gasteiger charge is -2.48. The zero-order valence-electron chi connectivity index (χ0n) is 11.5. The first-order valence-electron chi connectivity index (χ1n) is 7.39. The smallest absolute Gasteiger partial charge is 0.335 e. The Hall–Kier alpha value is -1.39. The fourth-order valence-electron chi connectivity index (χ4n) is 3.81. The highest BCUT2D eigenvalue weighted by Crippen LogP contribution is 2.45. The van der Waals surface area contributed by atoms with Gasteiger partial charge < -0.3 is 15.5 Å².